The molecule has 1 aromatic rings. The summed E-state index contributed by atoms with van der Waals surface area (Å²) in [5.74, 6) is 2.22. The van der Waals surface area contributed by atoms with E-state index in [1.165, 1.54) is 5.69 Å². The van der Waals surface area contributed by atoms with E-state index in [-0.39, 0.29) is 28.7 Å². The maximum absolute atomic E-state index is 5.60. The van der Waals surface area contributed by atoms with Crippen molar-refractivity contribution < 1.29 is 4.74 Å². The molecular weight excluding hydrogens is 483 g/mol. The van der Waals surface area contributed by atoms with Crippen LogP contribution >= 0.6 is 35.7 Å². The molecule has 0 unspecified atom stereocenters. The van der Waals surface area contributed by atoms with E-state index in [1.54, 1.807) is 0 Å². The number of hydrogen-bond acceptors (Lipinski definition) is 4. The van der Waals surface area contributed by atoms with Crippen molar-refractivity contribution in [2.45, 2.75) is 31.4 Å². The number of rotatable bonds is 6. The van der Waals surface area contributed by atoms with E-state index in [4.69, 9.17) is 9.73 Å². The lowest BCUT2D eigenvalue weighted by Gasteiger charge is -2.39. The number of hydrogen-bond donors (Lipinski definition) is 1. The first kappa shape index (κ1) is 23.6. The van der Waals surface area contributed by atoms with Crippen LogP contribution in [0.4, 0.5) is 5.69 Å². The number of nitrogens with zero attached hydrogens (tertiary/aromatic N) is 3. The van der Waals surface area contributed by atoms with Crippen molar-refractivity contribution in [3.63, 3.8) is 0 Å². The summed E-state index contributed by atoms with van der Waals surface area (Å²) in [4.78, 5) is 9.97. The van der Waals surface area contributed by atoms with Crippen molar-refractivity contribution in [3.8, 4) is 0 Å². The summed E-state index contributed by atoms with van der Waals surface area (Å²) in [6.45, 7) is 12.0. The minimum absolute atomic E-state index is 0. The van der Waals surface area contributed by atoms with Gasteiger partial charge in [-0.3, -0.25) is 4.99 Å². The Bertz CT molecular complexity index is 582. The molecule has 0 spiro atoms. The molecule has 28 heavy (non-hydrogen) atoms. The topological polar surface area (TPSA) is 40.1 Å². The van der Waals surface area contributed by atoms with E-state index >= 15 is 0 Å². The smallest absolute Gasteiger partial charge is 0.194 e. The van der Waals surface area contributed by atoms with Crippen LogP contribution in [0.1, 0.15) is 26.7 Å². The van der Waals surface area contributed by atoms with Gasteiger partial charge in [0.15, 0.2) is 5.96 Å². The van der Waals surface area contributed by atoms with Crippen molar-refractivity contribution in [3.05, 3.63) is 30.3 Å². The first-order valence-corrected chi connectivity index (χ1v) is 11.3. The van der Waals surface area contributed by atoms with Crippen LogP contribution in [0.25, 0.3) is 0 Å². The van der Waals surface area contributed by atoms with Crippen molar-refractivity contribution in [2.24, 2.45) is 4.99 Å². The van der Waals surface area contributed by atoms with Crippen LogP contribution in [-0.4, -0.2) is 73.8 Å². The van der Waals surface area contributed by atoms with Crippen LogP contribution in [0.2, 0.25) is 0 Å². The van der Waals surface area contributed by atoms with Gasteiger partial charge in [0.25, 0.3) is 0 Å². The average Bonchev–Trinajstić information content (AvgIpc) is 2.73. The molecule has 7 heteroatoms. The molecule has 0 atom stereocenters. The van der Waals surface area contributed by atoms with Gasteiger partial charge in [-0.05, 0) is 37.7 Å². The Kier molecular flexibility index (Phi) is 10.2. The molecular formula is C21H35IN4OS. The number of para-hydroxylation sites is 1. The van der Waals surface area contributed by atoms with Crippen molar-refractivity contribution in [2.75, 3.05) is 63.1 Å². The highest BCUT2D eigenvalue weighted by atomic mass is 127. The summed E-state index contributed by atoms with van der Waals surface area (Å²) in [6.07, 6.45) is 2.21. The maximum Gasteiger partial charge on any atom is 0.194 e. The van der Waals surface area contributed by atoms with Gasteiger partial charge in [-0.15, -0.1) is 24.0 Å². The third-order valence-electron chi connectivity index (χ3n) is 5.41. The van der Waals surface area contributed by atoms with Crippen LogP contribution in [0, 0.1) is 0 Å². The SMILES string of the molecule is CCNC(=NCC1(SCC)CCOCC1)N1CCN(c2ccccc2)CC1.I. The molecule has 0 amide bonds. The van der Waals surface area contributed by atoms with Gasteiger partial charge < -0.3 is 19.9 Å². The van der Waals surface area contributed by atoms with Gasteiger partial charge in [0.2, 0.25) is 0 Å². The maximum atomic E-state index is 5.60. The molecule has 2 fully saturated rings. The second kappa shape index (κ2) is 12.1. The molecule has 0 aliphatic carbocycles. The Morgan fingerprint density at radius 3 is 2.39 bits per heavy atom. The molecule has 0 aromatic heterocycles. The lowest BCUT2D eigenvalue weighted by Crippen LogP contribution is -2.53. The molecule has 0 radical (unpaired) electrons. The van der Waals surface area contributed by atoms with Crippen LogP contribution in [-0.2, 0) is 4.74 Å². The van der Waals surface area contributed by atoms with E-state index in [0.29, 0.717) is 0 Å². The highest BCUT2D eigenvalue weighted by Crippen LogP contribution is 2.35. The van der Waals surface area contributed by atoms with E-state index in [1.807, 2.05) is 0 Å². The third-order valence-corrected chi connectivity index (χ3v) is 6.85. The lowest BCUT2D eigenvalue weighted by atomic mass is 9.99. The zero-order chi connectivity index (χ0) is 19.0. The molecule has 2 saturated heterocycles. The second-order valence-electron chi connectivity index (χ2n) is 7.21. The first-order chi connectivity index (χ1) is 13.3. The normalized spacial score (nSPS) is 19.9. The summed E-state index contributed by atoms with van der Waals surface area (Å²) in [6, 6.07) is 10.7. The molecule has 2 aliphatic heterocycles. The van der Waals surface area contributed by atoms with Gasteiger partial charge in [-0.2, -0.15) is 11.8 Å². The number of aliphatic imine (C=N–C) groups is 1. The van der Waals surface area contributed by atoms with Crippen molar-refractivity contribution >= 4 is 47.4 Å². The molecule has 1 N–H and O–H groups in total. The number of piperazine rings is 1. The Balaban J connectivity index is 0.00000280. The first-order valence-electron chi connectivity index (χ1n) is 10.3. The van der Waals surface area contributed by atoms with Gasteiger partial charge in [0, 0.05) is 56.4 Å². The van der Waals surface area contributed by atoms with Crippen LogP contribution in [0.3, 0.4) is 0 Å². The predicted molar refractivity (Wildman–Crippen MR) is 133 cm³/mol. The Morgan fingerprint density at radius 1 is 1.11 bits per heavy atom. The quantitative estimate of drug-likeness (QED) is 0.354. The number of ether oxygens (including phenoxy) is 1. The van der Waals surface area contributed by atoms with Crippen LogP contribution in [0.15, 0.2) is 35.3 Å². The minimum Gasteiger partial charge on any atom is -0.381 e. The molecule has 2 heterocycles. The summed E-state index contributed by atoms with van der Waals surface area (Å²) >= 11 is 2.06. The molecule has 3 rings (SSSR count). The van der Waals surface area contributed by atoms with Gasteiger partial charge in [-0.1, -0.05) is 25.1 Å². The number of thioether (sulfide) groups is 1. The predicted octanol–water partition coefficient (Wildman–Crippen LogP) is 3.69. The minimum atomic E-state index is 0. The molecule has 0 bridgehead atoms. The van der Waals surface area contributed by atoms with Crippen molar-refractivity contribution in [1.29, 1.82) is 0 Å². The van der Waals surface area contributed by atoms with Gasteiger partial charge in [-0.25, -0.2) is 0 Å². The lowest BCUT2D eigenvalue weighted by molar-refractivity contribution is 0.0792. The molecule has 0 saturated carbocycles. The number of halogens is 1. The number of guanidine groups is 1. The second-order valence-corrected chi connectivity index (χ2v) is 8.94. The van der Waals surface area contributed by atoms with Crippen LogP contribution in [0.5, 0.6) is 0 Å². The summed E-state index contributed by atoms with van der Waals surface area (Å²) < 4.78 is 5.85. The summed E-state index contributed by atoms with van der Waals surface area (Å²) in [7, 11) is 0. The molecule has 158 valence electrons. The average molecular weight is 519 g/mol. The summed E-state index contributed by atoms with van der Waals surface area (Å²) in [5.41, 5.74) is 1.32. The van der Waals surface area contributed by atoms with Gasteiger partial charge in [0.05, 0.1) is 6.54 Å². The highest BCUT2D eigenvalue weighted by molar-refractivity contribution is 14.0. The standard InChI is InChI=1S/C21H34N4OS.HI/c1-3-22-20(23-18-21(27-4-2)10-16-26-17-11-21)25-14-12-24(13-15-25)19-8-6-5-7-9-19;/h5-9H,3-4,10-18H2,1-2H3,(H,22,23);1H. The third kappa shape index (κ3) is 6.42. The van der Waals surface area contributed by atoms with Crippen molar-refractivity contribution in [1.82, 2.24) is 10.2 Å². The monoisotopic (exact) mass is 518 g/mol. The van der Waals surface area contributed by atoms with Crippen LogP contribution < -0.4 is 10.2 Å². The molecule has 2 aliphatic rings. The number of nitrogens with one attached hydrogen (secondary N) is 1. The largest absolute Gasteiger partial charge is 0.381 e. The van der Waals surface area contributed by atoms with Gasteiger partial charge in [0.1, 0.15) is 0 Å². The fraction of sp³-hybridized carbons (Fsp3) is 0.667. The Labute approximate surface area is 191 Å². The number of benzene rings is 1. The Morgan fingerprint density at radius 2 is 1.79 bits per heavy atom. The Hall–Kier alpha value is -0.670. The van der Waals surface area contributed by atoms with Gasteiger partial charge >= 0.3 is 0 Å². The fourth-order valence-corrected chi connectivity index (χ4v) is 5.08. The zero-order valence-corrected chi connectivity index (χ0v) is 20.4. The molecule has 5 nitrogen and oxygen atoms in total. The zero-order valence-electron chi connectivity index (χ0n) is 17.2. The highest BCUT2D eigenvalue weighted by Gasteiger charge is 2.33. The number of anilines is 1. The molecule has 1 aromatic carbocycles. The van der Waals surface area contributed by atoms with E-state index in [9.17, 15) is 0 Å². The fourth-order valence-electron chi connectivity index (χ4n) is 3.86. The van der Waals surface area contributed by atoms with E-state index in [2.05, 4.69) is 71.1 Å². The van der Waals surface area contributed by atoms with E-state index < -0.39 is 0 Å². The summed E-state index contributed by atoms with van der Waals surface area (Å²) in [5, 5.41) is 3.52. The van der Waals surface area contributed by atoms with E-state index in [0.717, 1.165) is 77.0 Å².